The van der Waals surface area contributed by atoms with Crippen LogP contribution < -0.4 is 0 Å². The van der Waals surface area contributed by atoms with Gasteiger partial charge in [0, 0.05) is 51.4 Å². The summed E-state index contributed by atoms with van der Waals surface area (Å²) in [6.45, 7) is 4.69. The monoisotopic (exact) mass is 494 g/mol. The van der Waals surface area contributed by atoms with Crippen LogP contribution in [0, 0.1) is 6.92 Å². The van der Waals surface area contributed by atoms with E-state index < -0.39 is 10.0 Å². The lowest BCUT2D eigenvalue weighted by molar-refractivity contribution is -0.0635. The number of nitrogens with zero attached hydrogens (tertiary/aromatic N) is 4. The number of aromatic nitrogens is 2. The molecule has 0 saturated carbocycles. The van der Waals surface area contributed by atoms with E-state index in [0.717, 1.165) is 19.4 Å². The molecule has 186 valence electrons. The summed E-state index contributed by atoms with van der Waals surface area (Å²) in [5, 5.41) is 0.124. The number of hydrogen-bond donors (Lipinski definition) is 0. The Bertz CT molecular complexity index is 1270. The van der Waals surface area contributed by atoms with Crippen molar-refractivity contribution >= 4 is 10.0 Å². The predicted octanol–water partition coefficient (Wildman–Crippen LogP) is 3.66. The molecule has 3 atom stereocenters. The number of hydrogen-bond acceptors (Lipinski definition) is 5. The fourth-order valence-electron chi connectivity index (χ4n) is 5.66. The Kier molecular flexibility index (Phi) is 6.81. The molecule has 0 radical (unpaired) electrons. The van der Waals surface area contributed by atoms with Gasteiger partial charge in [0.25, 0.3) is 10.0 Å². The molecule has 2 saturated heterocycles. The van der Waals surface area contributed by atoms with Crippen molar-refractivity contribution in [2.24, 2.45) is 7.05 Å². The molecule has 0 spiro atoms. The lowest BCUT2D eigenvalue weighted by atomic mass is 9.74. The minimum Gasteiger partial charge on any atom is -0.383 e. The second kappa shape index (κ2) is 9.85. The molecule has 3 aromatic rings. The summed E-state index contributed by atoms with van der Waals surface area (Å²) in [6, 6.07) is 17.7. The molecule has 2 aliphatic rings. The van der Waals surface area contributed by atoms with Gasteiger partial charge in [0.2, 0.25) is 0 Å². The van der Waals surface area contributed by atoms with Gasteiger partial charge < -0.3 is 9.30 Å². The number of aryl methyl sites for hydroxylation is 2. The van der Waals surface area contributed by atoms with E-state index in [1.54, 1.807) is 35.6 Å². The van der Waals surface area contributed by atoms with E-state index in [2.05, 4.69) is 65.3 Å². The third-order valence-electron chi connectivity index (χ3n) is 7.42. The van der Waals surface area contributed by atoms with Crippen molar-refractivity contribution in [3.05, 3.63) is 72.2 Å². The zero-order valence-electron chi connectivity index (χ0n) is 20.7. The Morgan fingerprint density at radius 1 is 1.06 bits per heavy atom. The molecule has 7 nitrogen and oxygen atoms in total. The fraction of sp³-hybridized carbons (Fsp3) is 0.444. The van der Waals surface area contributed by atoms with Crippen LogP contribution in [0.25, 0.3) is 11.1 Å². The first-order valence-electron chi connectivity index (χ1n) is 12.3. The van der Waals surface area contributed by atoms with Gasteiger partial charge in [-0.15, -0.1) is 0 Å². The maximum atomic E-state index is 13.4. The van der Waals surface area contributed by atoms with E-state index >= 15 is 0 Å². The van der Waals surface area contributed by atoms with Gasteiger partial charge in [0.15, 0.2) is 5.03 Å². The summed E-state index contributed by atoms with van der Waals surface area (Å²) in [7, 11) is -0.108. The van der Waals surface area contributed by atoms with Crippen LogP contribution in [-0.2, 0) is 21.8 Å². The molecule has 8 heteroatoms. The largest absolute Gasteiger partial charge is 0.383 e. The van der Waals surface area contributed by atoms with Crippen molar-refractivity contribution in [1.29, 1.82) is 0 Å². The van der Waals surface area contributed by atoms with Crippen LogP contribution in [0.5, 0.6) is 0 Å². The summed E-state index contributed by atoms with van der Waals surface area (Å²) in [6.07, 6.45) is 4.93. The first-order valence-corrected chi connectivity index (χ1v) is 13.7. The van der Waals surface area contributed by atoms with Crippen LogP contribution in [0.15, 0.2) is 66.1 Å². The van der Waals surface area contributed by atoms with Crippen molar-refractivity contribution < 1.29 is 13.2 Å². The van der Waals surface area contributed by atoms with E-state index in [0.29, 0.717) is 19.7 Å². The maximum Gasteiger partial charge on any atom is 0.262 e. The smallest absolute Gasteiger partial charge is 0.262 e. The number of sulfonamides is 1. The topological polar surface area (TPSA) is 67.7 Å². The molecule has 35 heavy (non-hydrogen) atoms. The summed E-state index contributed by atoms with van der Waals surface area (Å²) in [5.41, 5.74) is 4.87. The van der Waals surface area contributed by atoms with Crippen LogP contribution in [0.1, 0.15) is 29.9 Å². The normalized spacial score (nSPS) is 23.8. The van der Waals surface area contributed by atoms with Gasteiger partial charge in [0.05, 0.1) is 12.9 Å². The van der Waals surface area contributed by atoms with Gasteiger partial charge in [-0.25, -0.2) is 13.4 Å². The molecule has 0 N–H and O–H groups in total. The number of rotatable bonds is 6. The zero-order valence-corrected chi connectivity index (χ0v) is 21.5. The van der Waals surface area contributed by atoms with Crippen LogP contribution in [0.4, 0.5) is 0 Å². The first kappa shape index (κ1) is 24.2. The van der Waals surface area contributed by atoms with Crippen molar-refractivity contribution in [2.75, 3.05) is 33.4 Å². The first-order chi connectivity index (χ1) is 16.9. The Hall–Kier alpha value is -2.52. The fourth-order valence-corrected chi connectivity index (χ4v) is 7.12. The van der Waals surface area contributed by atoms with Gasteiger partial charge in [0.1, 0.15) is 0 Å². The third-order valence-corrected chi connectivity index (χ3v) is 9.17. The lowest BCUT2D eigenvalue weighted by Crippen LogP contribution is -2.68. The van der Waals surface area contributed by atoms with Crippen LogP contribution >= 0.6 is 0 Å². The Labute approximate surface area is 208 Å². The van der Waals surface area contributed by atoms with Gasteiger partial charge in [-0.1, -0.05) is 54.1 Å². The standard InChI is InChI=1S/C27H34N4O3S/c1-20-7-6-8-23(15-20)21-9-11-22(12-10-21)27-24-16-30(35(32,33)26-17-29(2)19-28-26)13-4-5-14-31(24)25(27)18-34-3/h6-12,15,17,19,24-25,27H,4-5,13-14,16,18H2,1-3H3/t24-,25-,27-/m0/s1. The highest BCUT2D eigenvalue weighted by molar-refractivity contribution is 7.89. The van der Waals surface area contributed by atoms with Gasteiger partial charge in [-0.2, -0.15) is 4.31 Å². The zero-order chi connectivity index (χ0) is 24.6. The summed E-state index contributed by atoms with van der Waals surface area (Å²) >= 11 is 0. The summed E-state index contributed by atoms with van der Waals surface area (Å²) in [5.74, 6) is 0.209. The SMILES string of the molecule is COC[C@H]1[C@@H](c2ccc(-c3cccc(C)c3)cc2)[C@@H]2CN(S(=O)(=O)c3cn(C)cn3)CCCCN12. The Morgan fingerprint density at radius 3 is 2.51 bits per heavy atom. The lowest BCUT2D eigenvalue weighted by Gasteiger charge is -2.57. The third kappa shape index (κ3) is 4.68. The van der Waals surface area contributed by atoms with E-state index in [1.165, 1.54) is 22.3 Å². The number of benzene rings is 2. The molecule has 2 aliphatic heterocycles. The Morgan fingerprint density at radius 2 is 1.83 bits per heavy atom. The van der Waals surface area contributed by atoms with Crippen LogP contribution in [0.2, 0.25) is 0 Å². The minimum atomic E-state index is -3.64. The quantitative estimate of drug-likeness (QED) is 0.523. The predicted molar refractivity (Wildman–Crippen MR) is 137 cm³/mol. The van der Waals surface area contributed by atoms with Crippen LogP contribution in [0.3, 0.4) is 0 Å². The second-order valence-corrected chi connectivity index (χ2v) is 11.7. The van der Waals surface area contributed by atoms with Gasteiger partial charge in [-0.3, -0.25) is 4.90 Å². The molecule has 5 rings (SSSR count). The van der Waals surface area contributed by atoms with Crippen molar-refractivity contribution in [2.45, 2.75) is 42.8 Å². The van der Waals surface area contributed by atoms with Crippen LogP contribution in [-0.4, -0.2) is 72.6 Å². The van der Waals surface area contributed by atoms with E-state index in [1.807, 2.05) is 0 Å². The molecular weight excluding hydrogens is 460 g/mol. The molecule has 0 bridgehead atoms. The van der Waals surface area contributed by atoms with Crippen molar-refractivity contribution in [3.63, 3.8) is 0 Å². The highest BCUT2D eigenvalue weighted by Gasteiger charge is 2.50. The maximum absolute atomic E-state index is 13.4. The molecule has 2 aromatic carbocycles. The van der Waals surface area contributed by atoms with Gasteiger partial charge >= 0.3 is 0 Å². The molecule has 0 unspecified atom stereocenters. The molecule has 1 aromatic heterocycles. The molecule has 2 fully saturated rings. The molecule has 0 aliphatic carbocycles. The number of methoxy groups -OCH3 is 1. The molecule has 0 amide bonds. The van der Waals surface area contributed by atoms with E-state index in [9.17, 15) is 8.42 Å². The van der Waals surface area contributed by atoms with E-state index in [-0.39, 0.29) is 23.0 Å². The molecular formula is C27H34N4O3S. The second-order valence-electron chi connectivity index (χ2n) is 9.79. The highest BCUT2D eigenvalue weighted by atomic mass is 32.2. The summed E-state index contributed by atoms with van der Waals surface area (Å²) < 4.78 is 35.8. The van der Waals surface area contributed by atoms with Crippen molar-refractivity contribution in [1.82, 2.24) is 18.8 Å². The highest BCUT2D eigenvalue weighted by Crippen LogP contribution is 2.43. The van der Waals surface area contributed by atoms with Gasteiger partial charge in [-0.05, 0) is 43.0 Å². The average Bonchev–Trinajstić information content (AvgIpc) is 3.27. The number of fused-ring (bicyclic) bond motifs is 1. The number of imidazole rings is 1. The minimum absolute atomic E-state index is 0.110. The summed E-state index contributed by atoms with van der Waals surface area (Å²) in [4.78, 5) is 6.59. The number of ether oxygens (including phenoxy) is 1. The Balaban J connectivity index is 1.43. The van der Waals surface area contributed by atoms with Crippen molar-refractivity contribution in [3.8, 4) is 11.1 Å². The molecule has 3 heterocycles. The van der Waals surface area contributed by atoms with E-state index in [4.69, 9.17) is 4.74 Å². The average molecular weight is 495 g/mol.